The van der Waals surface area contributed by atoms with Crippen LogP contribution in [-0.2, 0) is 14.8 Å². The molecule has 0 radical (unpaired) electrons. The highest BCUT2D eigenvalue weighted by molar-refractivity contribution is 7.89. The van der Waals surface area contributed by atoms with Gasteiger partial charge in [0.1, 0.15) is 5.75 Å². The van der Waals surface area contributed by atoms with Gasteiger partial charge in [-0.25, -0.2) is 13.1 Å². The number of rotatable bonds is 8. The fourth-order valence-electron chi connectivity index (χ4n) is 2.14. The summed E-state index contributed by atoms with van der Waals surface area (Å²) in [6.45, 7) is 3.80. The normalized spacial score (nSPS) is 18.8. The first-order chi connectivity index (χ1) is 10.1. The molecule has 0 amide bonds. The highest BCUT2D eigenvalue weighted by atomic mass is 32.2. The molecule has 0 aromatic heterocycles. The molecule has 1 aromatic carbocycles. The van der Waals surface area contributed by atoms with E-state index in [0.717, 1.165) is 32.3 Å². The molecule has 1 aromatic rings. The molecule has 6 heteroatoms. The van der Waals surface area contributed by atoms with Gasteiger partial charge >= 0.3 is 0 Å². The molecular formula is C15H23NO4S. The quantitative estimate of drug-likeness (QED) is 0.748. The zero-order chi connectivity index (χ0) is 15.1. The number of hydrogen-bond acceptors (Lipinski definition) is 4. The van der Waals surface area contributed by atoms with Gasteiger partial charge in [0.05, 0.1) is 17.6 Å². The average Bonchev–Trinajstić information content (AvgIpc) is 3.00. The zero-order valence-electron chi connectivity index (χ0n) is 12.4. The average molecular weight is 313 g/mol. The minimum atomic E-state index is -3.48. The zero-order valence-corrected chi connectivity index (χ0v) is 13.2. The van der Waals surface area contributed by atoms with Gasteiger partial charge in [-0.05, 0) is 43.5 Å². The lowest BCUT2D eigenvalue weighted by molar-refractivity contribution is 0.114. The van der Waals surface area contributed by atoms with Crippen LogP contribution in [0.3, 0.4) is 0 Å². The summed E-state index contributed by atoms with van der Waals surface area (Å²) in [5.74, 6) is 0.696. The summed E-state index contributed by atoms with van der Waals surface area (Å²) in [5.41, 5.74) is 0. The standard InChI is InChI=1S/C15H23NO4S/c1-2-3-10-19-13-6-8-15(9-7-13)21(17,18)16-12-14-5-4-11-20-14/h6-9,14,16H,2-5,10-12H2,1H3. The van der Waals surface area contributed by atoms with Crippen LogP contribution in [-0.4, -0.2) is 34.3 Å². The van der Waals surface area contributed by atoms with E-state index < -0.39 is 10.0 Å². The van der Waals surface area contributed by atoms with Gasteiger partial charge in [0.15, 0.2) is 0 Å². The van der Waals surface area contributed by atoms with E-state index in [9.17, 15) is 8.42 Å². The number of sulfonamides is 1. The lowest BCUT2D eigenvalue weighted by Crippen LogP contribution is -2.31. The van der Waals surface area contributed by atoms with Crippen LogP contribution >= 0.6 is 0 Å². The van der Waals surface area contributed by atoms with E-state index in [1.54, 1.807) is 24.3 Å². The molecule has 1 fully saturated rings. The molecule has 1 saturated heterocycles. The van der Waals surface area contributed by atoms with E-state index >= 15 is 0 Å². The highest BCUT2D eigenvalue weighted by Gasteiger charge is 2.20. The van der Waals surface area contributed by atoms with Crippen molar-refractivity contribution in [3.8, 4) is 5.75 Å². The molecule has 1 atom stereocenters. The molecule has 1 unspecified atom stereocenters. The Morgan fingerprint density at radius 3 is 2.71 bits per heavy atom. The lowest BCUT2D eigenvalue weighted by atomic mass is 10.2. The van der Waals surface area contributed by atoms with Crippen molar-refractivity contribution < 1.29 is 17.9 Å². The number of nitrogens with one attached hydrogen (secondary N) is 1. The molecule has 21 heavy (non-hydrogen) atoms. The smallest absolute Gasteiger partial charge is 0.240 e. The number of benzene rings is 1. The van der Waals surface area contributed by atoms with Gasteiger partial charge in [0, 0.05) is 13.2 Å². The van der Waals surface area contributed by atoms with E-state index in [0.29, 0.717) is 18.9 Å². The predicted octanol–water partition coefficient (Wildman–Crippen LogP) is 2.32. The minimum absolute atomic E-state index is 0.00331. The molecular weight excluding hydrogens is 290 g/mol. The van der Waals surface area contributed by atoms with Crippen LogP contribution in [0.1, 0.15) is 32.6 Å². The number of hydrogen-bond donors (Lipinski definition) is 1. The third-order valence-corrected chi connectivity index (χ3v) is 4.87. The molecule has 1 aliphatic heterocycles. The second kappa shape index (κ2) is 7.77. The monoisotopic (exact) mass is 313 g/mol. The Labute approximate surface area is 126 Å². The summed E-state index contributed by atoms with van der Waals surface area (Å²) in [7, 11) is -3.48. The fourth-order valence-corrected chi connectivity index (χ4v) is 3.21. The molecule has 1 heterocycles. The topological polar surface area (TPSA) is 64.6 Å². The SMILES string of the molecule is CCCCOc1ccc(S(=O)(=O)NCC2CCCO2)cc1. The summed E-state index contributed by atoms with van der Waals surface area (Å²) in [6, 6.07) is 6.52. The van der Waals surface area contributed by atoms with Crippen molar-refractivity contribution in [3.63, 3.8) is 0 Å². The van der Waals surface area contributed by atoms with Crippen molar-refractivity contribution in [1.82, 2.24) is 4.72 Å². The van der Waals surface area contributed by atoms with Crippen LogP contribution in [0.4, 0.5) is 0 Å². The minimum Gasteiger partial charge on any atom is -0.494 e. The maximum absolute atomic E-state index is 12.2. The van der Waals surface area contributed by atoms with Crippen LogP contribution < -0.4 is 9.46 Å². The van der Waals surface area contributed by atoms with Crippen molar-refractivity contribution >= 4 is 10.0 Å². The molecule has 0 saturated carbocycles. The van der Waals surface area contributed by atoms with Crippen molar-refractivity contribution in [2.75, 3.05) is 19.8 Å². The Hall–Kier alpha value is -1.11. The van der Waals surface area contributed by atoms with E-state index in [4.69, 9.17) is 9.47 Å². The molecule has 0 bridgehead atoms. The van der Waals surface area contributed by atoms with E-state index in [1.807, 2.05) is 0 Å². The summed E-state index contributed by atoms with van der Waals surface area (Å²) < 4.78 is 37.8. The van der Waals surface area contributed by atoms with Crippen molar-refractivity contribution in [2.45, 2.75) is 43.6 Å². The van der Waals surface area contributed by atoms with Gasteiger partial charge in [-0.1, -0.05) is 13.3 Å². The van der Waals surface area contributed by atoms with Crippen LogP contribution in [0.25, 0.3) is 0 Å². The number of ether oxygens (including phenoxy) is 2. The molecule has 1 aliphatic rings. The van der Waals surface area contributed by atoms with Crippen LogP contribution in [0.2, 0.25) is 0 Å². The third-order valence-electron chi connectivity index (χ3n) is 3.43. The van der Waals surface area contributed by atoms with Gasteiger partial charge in [-0.2, -0.15) is 0 Å². The van der Waals surface area contributed by atoms with Gasteiger partial charge < -0.3 is 9.47 Å². The maximum atomic E-state index is 12.2. The van der Waals surface area contributed by atoms with E-state index in [2.05, 4.69) is 11.6 Å². The molecule has 0 aliphatic carbocycles. The summed E-state index contributed by atoms with van der Waals surface area (Å²) in [6.07, 6.45) is 3.96. The summed E-state index contributed by atoms with van der Waals surface area (Å²) in [5, 5.41) is 0. The van der Waals surface area contributed by atoms with Gasteiger partial charge in [-0.15, -0.1) is 0 Å². The highest BCUT2D eigenvalue weighted by Crippen LogP contribution is 2.17. The Morgan fingerprint density at radius 2 is 2.10 bits per heavy atom. The second-order valence-corrected chi connectivity index (χ2v) is 6.93. The lowest BCUT2D eigenvalue weighted by Gasteiger charge is -2.12. The summed E-state index contributed by atoms with van der Waals surface area (Å²) in [4.78, 5) is 0.253. The van der Waals surface area contributed by atoms with Gasteiger partial charge in [0.25, 0.3) is 0 Å². The van der Waals surface area contributed by atoms with Crippen molar-refractivity contribution in [1.29, 1.82) is 0 Å². The molecule has 5 nitrogen and oxygen atoms in total. The molecule has 1 N–H and O–H groups in total. The maximum Gasteiger partial charge on any atom is 0.240 e. The summed E-state index contributed by atoms with van der Waals surface area (Å²) >= 11 is 0. The fraction of sp³-hybridized carbons (Fsp3) is 0.600. The van der Waals surface area contributed by atoms with Crippen LogP contribution in [0.15, 0.2) is 29.2 Å². The van der Waals surface area contributed by atoms with Crippen molar-refractivity contribution in [2.24, 2.45) is 0 Å². The van der Waals surface area contributed by atoms with Crippen LogP contribution in [0, 0.1) is 0 Å². The first kappa shape index (κ1) is 16.3. The third kappa shape index (κ3) is 4.98. The van der Waals surface area contributed by atoms with Gasteiger partial charge in [-0.3, -0.25) is 0 Å². The molecule has 0 spiro atoms. The Morgan fingerprint density at radius 1 is 1.33 bits per heavy atom. The van der Waals surface area contributed by atoms with E-state index in [-0.39, 0.29) is 11.0 Å². The Balaban J connectivity index is 1.89. The molecule has 2 rings (SSSR count). The molecule has 118 valence electrons. The van der Waals surface area contributed by atoms with Crippen molar-refractivity contribution in [3.05, 3.63) is 24.3 Å². The first-order valence-electron chi connectivity index (χ1n) is 7.46. The van der Waals surface area contributed by atoms with Gasteiger partial charge in [0.2, 0.25) is 10.0 Å². The largest absolute Gasteiger partial charge is 0.494 e. The predicted molar refractivity (Wildman–Crippen MR) is 81.0 cm³/mol. The first-order valence-corrected chi connectivity index (χ1v) is 8.94. The van der Waals surface area contributed by atoms with E-state index in [1.165, 1.54) is 0 Å². The Kier molecular flexibility index (Phi) is 6.02. The second-order valence-electron chi connectivity index (χ2n) is 5.16. The van der Waals surface area contributed by atoms with Crippen LogP contribution in [0.5, 0.6) is 5.75 Å². The number of unbranched alkanes of at least 4 members (excludes halogenated alkanes) is 1. The Bertz CT molecular complexity index is 521.